The van der Waals surface area contributed by atoms with Gasteiger partial charge in [0.1, 0.15) is 0 Å². The first kappa shape index (κ1) is 23.6. The molecule has 176 valence electrons. The molecule has 0 spiro atoms. The number of ether oxygens (including phenoxy) is 1. The van der Waals surface area contributed by atoms with Crippen molar-refractivity contribution in [3.05, 3.63) is 95.6 Å². The van der Waals surface area contributed by atoms with E-state index in [1.807, 2.05) is 18.2 Å². The Kier molecular flexibility index (Phi) is 7.36. The molecule has 0 unspecified atom stereocenters. The van der Waals surface area contributed by atoms with Crippen LogP contribution in [-0.4, -0.2) is 50.8 Å². The minimum Gasteiger partial charge on any atom is -0.379 e. The van der Waals surface area contributed by atoms with Gasteiger partial charge in [0.2, 0.25) is 10.0 Å². The molecule has 0 saturated carbocycles. The highest BCUT2D eigenvalue weighted by Crippen LogP contribution is 2.18. The van der Waals surface area contributed by atoms with Gasteiger partial charge in [-0.3, -0.25) is 9.59 Å². The molecule has 0 bridgehead atoms. The van der Waals surface area contributed by atoms with Crippen molar-refractivity contribution >= 4 is 27.5 Å². The minimum absolute atomic E-state index is 0.0710. The molecule has 0 atom stereocenters. The van der Waals surface area contributed by atoms with E-state index in [0.717, 1.165) is 5.56 Å². The van der Waals surface area contributed by atoms with Gasteiger partial charge in [0.05, 0.1) is 18.1 Å². The smallest absolute Gasteiger partial charge is 0.255 e. The van der Waals surface area contributed by atoms with Crippen molar-refractivity contribution < 1.29 is 22.7 Å². The fraction of sp³-hybridized carbons (Fsp3) is 0.200. The van der Waals surface area contributed by atoms with Crippen molar-refractivity contribution in [2.75, 3.05) is 31.6 Å². The molecule has 9 heteroatoms. The summed E-state index contributed by atoms with van der Waals surface area (Å²) in [5.41, 5.74) is 2.14. The van der Waals surface area contributed by atoms with Crippen LogP contribution in [0.15, 0.2) is 83.8 Å². The van der Waals surface area contributed by atoms with Crippen molar-refractivity contribution in [3.63, 3.8) is 0 Å². The fourth-order valence-corrected chi connectivity index (χ4v) is 5.02. The SMILES string of the molecule is O=C(NCc1cccc(C(=O)Nc2ccccc2)c1)c1cccc(S(=O)(=O)N2CCOCC2)c1. The van der Waals surface area contributed by atoms with E-state index < -0.39 is 15.9 Å². The predicted octanol–water partition coefficient (Wildman–Crippen LogP) is 2.89. The molecule has 1 fully saturated rings. The molecule has 3 aromatic rings. The van der Waals surface area contributed by atoms with E-state index in [4.69, 9.17) is 4.74 Å². The second-order valence-electron chi connectivity index (χ2n) is 7.75. The molecular weight excluding hydrogens is 454 g/mol. The second kappa shape index (κ2) is 10.6. The summed E-state index contributed by atoms with van der Waals surface area (Å²) in [5, 5.41) is 5.62. The zero-order valence-corrected chi connectivity index (χ0v) is 19.3. The van der Waals surface area contributed by atoms with E-state index in [0.29, 0.717) is 24.5 Å². The number of carbonyl (C=O) groups is 2. The van der Waals surface area contributed by atoms with E-state index in [-0.39, 0.29) is 36.0 Å². The fourth-order valence-electron chi connectivity index (χ4n) is 3.57. The molecule has 8 nitrogen and oxygen atoms in total. The first-order valence-corrected chi connectivity index (χ1v) is 12.3. The van der Waals surface area contributed by atoms with Crippen LogP contribution in [0.5, 0.6) is 0 Å². The van der Waals surface area contributed by atoms with Gasteiger partial charge in [-0.15, -0.1) is 0 Å². The number of nitrogens with zero attached hydrogens (tertiary/aromatic N) is 1. The maximum absolute atomic E-state index is 12.9. The molecule has 0 aromatic heterocycles. The zero-order chi connectivity index (χ0) is 24.0. The first-order valence-electron chi connectivity index (χ1n) is 10.8. The van der Waals surface area contributed by atoms with Crippen LogP contribution in [0.3, 0.4) is 0 Å². The Hall–Kier alpha value is -3.53. The van der Waals surface area contributed by atoms with E-state index in [1.54, 1.807) is 48.5 Å². The number of rotatable bonds is 7. The largest absolute Gasteiger partial charge is 0.379 e. The lowest BCUT2D eigenvalue weighted by Gasteiger charge is -2.26. The molecular formula is C25H25N3O5S. The molecule has 0 aliphatic carbocycles. The van der Waals surface area contributed by atoms with Gasteiger partial charge in [-0.1, -0.05) is 36.4 Å². The summed E-state index contributed by atoms with van der Waals surface area (Å²) in [4.78, 5) is 25.3. The van der Waals surface area contributed by atoms with E-state index >= 15 is 0 Å². The van der Waals surface area contributed by atoms with Gasteiger partial charge in [0.15, 0.2) is 0 Å². The van der Waals surface area contributed by atoms with Crippen molar-refractivity contribution in [2.24, 2.45) is 0 Å². The molecule has 3 aromatic carbocycles. The standard InChI is InChI=1S/C25H25N3O5S/c29-24(21-8-5-11-23(17-21)34(31,32)28-12-14-33-15-13-28)26-18-19-6-4-7-20(16-19)25(30)27-22-9-2-1-3-10-22/h1-11,16-17H,12-15,18H2,(H,26,29)(H,27,30). The third kappa shape index (κ3) is 5.69. The second-order valence-corrected chi connectivity index (χ2v) is 9.69. The quantitative estimate of drug-likeness (QED) is 0.542. The number of amides is 2. The van der Waals surface area contributed by atoms with Gasteiger partial charge in [0.25, 0.3) is 11.8 Å². The Morgan fingerprint density at radius 2 is 1.50 bits per heavy atom. The predicted molar refractivity (Wildman–Crippen MR) is 128 cm³/mol. The molecule has 1 saturated heterocycles. The Morgan fingerprint density at radius 3 is 2.24 bits per heavy atom. The van der Waals surface area contributed by atoms with Gasteiger partial charge >= 0.3 is 0 Å². The van der Waals surface area contributed by atoms with Crippen LogP contribution in [0, 0.1) is 0 Å². The van der Waals surface area contributed by atoms with E-state index in [2.05, 4.69) is 10.6 Å². The summed E-state index contributed by atoms with van der Waals surface area (Å²) >= 11 is 0. The number of hydrogen-bond donors (Lipinski definition) is 2. The average Bonchev–Trinajstić information content (AvgIpc) is 2.88. The summed E-state index contributed by atoms with van der Waals surface area (Å²) in [7, 11) is -3.70. The van der Waals surface area contributed by atoms with Crippen molar-refractivity contribution in [3.8, 4) is 0 Å². The molecule has 1 heterocycles. The molecule has 34 heavy (non-hydrogen) atoms. The van der Waals surface area contributed by atoms with Crippen LogP contribution in [0.2, 0.25) is 0 Å². The summed E-state index contributed by atoms with van der Waals surface area (Å²) in [6.45, 7) is 1.45. The summed E-state index contributed by atoms with van der Waals surface area (Å²) in [5.74, 6) is -0.654. The first-order chi connectivity index (χ1) is 16.4. The highest BCUT2D eigenvalue weighted by Gasteiger charge is 2.26. The van der Waals surface area contributed by atoms with Crippen LogP contribution >= 0.6 is 0 Å². The Balaban J connectivity index is 1.41. The molecule has 2 N–H and O–H groups in total. The molecule has 1 aliphatic rings. The van der Waals surface area contributed by atoms with Crippen LogP contribution < -0.4 is 10.6 Å². The molecule has 4 rings (SSSR count). The summed E-state index contributed by atoms with van der Waals surface area (Å²) in [6.07, 6.45) is 0. The lowest BCUT2D eigenvalue weighted by atomic mass is 10.1. The monoisotopic (exact) mass is 479 g/mol. The van der Waals surface area contributed by atoms with Gasteiger partial charge < -0.3 is 15.4 Å². The van der Waals surface area contributed by atoms with E-state index in [9.17, 15) is 18.0 Å². The number of anilines is 1. The highest BCUT2D eigenvalue weighted by molar-refractivity contribution is 7.89. The normalized spacial score (nSPS) is 14.4. The number of hydrogen-bond acceptors (Lipinski definition) is 5. The maximum Gasteiger partial charge on any atom is 0.255 e. The zero-order valence-electron chi connectivity index (χ0n) is 18.4. The number of morpholine rings is 1. The van der Waals surface area contributed by atoms with Gasteiger partial charge in [0, 0.05) is 36.4 Å². The van der Waals surface area contributed by atoms with Crippen LogP contribution in [-0.2, 0) is 21.3 Å². The molecule has 2 amide bonds. The Labute approximate surface area is 198 Å². The van der Waals surface area contributed by atoms with Crippen LogP contribution in [0.25, 0.3) is 0 Å². The Bertz CT molecular complexity index is 1270. The number of sulfonamides is 1. The van der Waals surface area contributed by atoms with Gasteiger partial charge in [-0.05, 0) is 48.0 Å². The van der Waals surface area contributed by atoms with Gasteiger partial charge in [-0.2, -0.15) is 4.31 Å². The third-order valence-electron chi connectivity index (χ3n) is 5.38. The highest BCUT2D eigenvalue weighted by atomic mass is 32.2. The number of para-hydroxylation sites is 1. The number of carbonyl (C=O) groups excluding carboxylic acids is 2. The van der Waals surface area contributed by atoms with E-state index in [1.165, 1.54) is 16.4 Å². The van der Waals surface area contributed by atoms with Crippen molar-refractivity contribution in [1.82, 2.24) is 9.62 Å². The molecule has 1 aliphatic heterocycles. The lowest BCUT2D eigenvalue weighted by Crippen LogP contribution is -2.40. The summed E-state index contributed by atoms with van der Waals surface area (Å²) in [6, 6.07) is 22.1. The number of benzene rings is 3. The van der Waals surface area contributed by atoms with Crippen LogP contribution in [0.4, 0.5) is 5.69 Å². The maximum atomic E-state index is 12.9. The van der Waals surface area contributed by atoms with Crippen molar-refractivity contribution in [2.45, 2.75) is 11.4 Å². The topological polar surface area (TPSA) is 105 Å². The van der Waals surface area contributed by atoms with Gasteiger partial charge in [-0.25, -0.2) is 8.42 Å². The van der Waals surface area contributed by atoms with Crippen molar-refractivity contribution in [1.29, 1.82) is 0 Å². The van der Waals surface area contributed by atoms with Crippen LogP contribution in [0.1, 0.15) is 26.3 Å². The number of nitrogens with one attached hydrogen (secondary N) is 2. The minimum atomic E-state index is -3.70. The molecule has 0 radical (unpaired) electrons. The average molecular weight is 480 g/mol. The summed E-state index contributed by atoms with van der Waals surface area (Å²) < 4.78 is 32.3. The third-order valence-corrected chi connectivity index (χ3v) is 7.27. The Morgan fingerprint density at radius 1 is 0.824 bits per heavy atom. The lowest BCUT2D eigenvalue weighted by molar-refractivity contribution is 0.0730.